The third kappa shape index (κ3) is 3.00. The standard InChI is InChI=1S/C14H17FO3/c15-13-11(14(16)17)7-4-8-12(13)18-9-10-5-2-1-3-6-10/h4,7-8,10H,1-3,5-6,9H2,(H,16,17)/i1D2,2D2,3D2,5D2,6D2,10D. The Morgan fingerprint density at radius 1 is 1.50 bits per heavy atom. The fraction of sp³-hybridized carbons (Fsp3) is 0.500. The summed E-state index contributed by atoms with van der Waals surface area (Å²) < 4.78 is 106. The number of rotatable bonds is 4. The van der Waals surface area contributed by atoms with Crippen molar-refractivity contribution in [1.29, 1.82) is 0 Å². The van der Waals surface area contributed by atoms with Gasteiger partial charge in [0.2, 0.25) is 0 Å². The predicted octanol–water partition coefficient (Wildman–Crippen LogP) is 3.48. The first-order valence-electron chi connectivity index (χ1n) is 10.5. The largest absolute Gasteiger partial charge is 0.490 e. The van der Waals surface area contributed by atoms with Gasteiger partial charge in [0.25, 0.3) is 0 Å². The average molecular weight is 263 g/mol. The van der Waals surface area contributed by atoms with E-state index in [1.165, 1.54) is 0 Å². The molecule has 0 aromatic heterocycles. The molecule has 1 saturated carbocycles. The van der Waals surface area contributed by atoms with E-state index < -0.39 is 67.5 Å². The summed E-state index contributed by atoms with van der Waals surface area (Å²) in [5.74, 6) is -7.23. The lowest BCUT2D eigenvalue weighted by Crippen LogP contribution is -2.16. The molecular weight excluding hydrogens is 235 g/mol. The molecule has 4 heteroatoms. The molecule has 0 radical (unpaired) electrons. The van der Waals surface area contributed by atoms with Gasteiger partial charge in [-0.1, -0.05) is 25.2 Å². The van der Waals surface area contributed by atoms with E-state index in [1.807, 2.05) is 0 Å². The van der Waals surface area contributed by atoms with Crippen molar-refractivity contribution in [2.45, 2.75) is 31.9 Å². The number of carboxylic acid groups (broad SMARTS) is 1. The van der Waals surface area contributed by atoms with E-state index in [1.54, 1.807) is 0 Å². The quantitative estimate of drug-likeness (QED) is 0.904. The van der Waals surface area contributed by atoms with Crippen LogP contribution in [0.4, 0.5) is 4.39 Å². The Hall–Kier alpha value is -1.58. The Labute approximate surface area is 121 Å². The van der Waals surface area contributed by atoms with Gasteiger partial charge in [-0.25, -0.2) is 9.18 Å². The average Bonchev–Trinajstić information content (AvgIpc) is 2.58. The molecule has 0 amide bonds. The maximum absolute atomic E-state index is 14.3. The first kappa shape index (κ1) is 4.83. The van der Waals surface area contributed by atoms with Crippen LogP contribution in [-0.2, 0) is 0 Å². The summed E-state index contributed by atoms with van der Waals surface area (Å²) >= 11 is 0. The lowest BCUT2D eigenvalue weighted by atomic mass is 9.90. The SMILES string of the molecule is [2H]C1([2H])C([2H])([2H])C([2H])([2H])C([2H])(COc2cccc(C(=O)O)c2F)C([2H])([2H])C1([2H])[2H]. The third-order valence-corrected chi connectivity index (χ3v) is 2.12. The van der Waals surface area contributed by atoms with Gasteiger partial charge in [0.1, 0.15) is 0 Å². The molecule has 0 atom stereocenters. The molecule has 0 bridgehead atoms. The number of carboxylic acids is 1. The summed E-state index contributed by atoms with van der Waals surface area (Å²) in [7, 11) is 0. The van der Waals surface area contributed by atoms with Crippen LogP contribution in [0.1, 0.15) is 57.3 Å². The lowest BCUT2D eigenvalue weighted by molar-refractivity contribution is 0.0690. The van der Waals surface area contributed by atoms with E-state index in [0.717, 1.165) is 18.2 Å². The van der Waals surface area contributed by atoms with E-state index >= 15 is 0 Å². The Kier molecular flexibility index (Phi) is 1.57. The summed E-state index contributed by atoms with van der Waals surface area (Å²) in [5.41, 5.74) is -0.821. The van der Waals surface area contributed by atoms with Crippen molar-refractivity contribution in [1.82, 2.24) is 0 Å². The van der Waals surface area contributed by atoms with Gasteiger partial charge in [0.15, 0.2) is 11.6 Å². The zero-order chi connectivity index (χ0) is 22.8. The van der Waals surface area contributed by atoms with Crippen LogP contribution in [0.25, 0.3) is 0 Å². The van der Waals surface area contributed by atoms with Crippen molar-refractivity contribution in [3.8, 4) is 5.75 Å². The monoisotopic (exact) mass is 263 g/mol. The third-order valence-electron chi connectivity index (χ3n) is 2.12. The van der Waals surface area contributed by atoms with Crippen LogP contribution in [-0.4, -0.2) is 17.7 Å². The van der Waals surface area contributed by atoms with Gasteiger partial charge in [-0.05, 0) is 30.8 Å². The van der Waals surface area contributed by atoms with Crippen molar-refractivity contribution in [3.05, 3.63) is 29.6 Å². The summed E-state index contributed by atoms with van der Waals surface area (Å²) in [6, 6.07) is 2.88. The topological polar surface area (TPSA) is 46.5 Å². The zero-order valence-corrected chi connectivity index (χ0v) is 9.08. The molecule has 0 unspecified atom stereocenters. The van der Waals surface area contributed by atoms with E-state index in [9.17, 15) is 9.18 Å². The molecule has 0 spiro atoms. The molecule has 0 aliphatic heterocycles. The Balaban J connectivity index is 2.59. The van der Waals surface area contributed by atoms with Crippen molar-refractivity contribution < 1.29 is 34.1 Å². The Bertz CT molecular complexity index is 810. The van der Waals surface area contributed by atoms with E-state index in [-0.39, 0.29) is 0 Å². The molecule has 1 aliphatic rings. The molecule has 98 valence electrons. The Morgan fingerprint density at radius 2 is 2.22 bits per heavy atom. The maximum atomic E-state index is 14.3. The number of carbonyl (C=O) groups is 1. The van der Waals surface area contributed by atoms with Crippen LogP contribution in [0.15, 0.2) is 18.2 Å². The van der Waals surface area contributed by atoms with E-state index in [0.29, 0.717) is 0 Å². The molecule has 2 rings (SSSR count). The molecule has 18 heavy (non-hydrogen) atoms. The van der Waals surface area contributed by atoms with Crippen molar-refractivity contribution in [2.24, 2.45) is 5.89 Å². The van der Waals surface area contributed by atoms with Gasteiger partial charge in [-0.3, -0.25) is 0 Å². The molecule has 1 aromatic carbocycles. The molecule has 1 N–H and O–H groups in total. The predicted molar refractivity (Wildman–Crippen MR) is 65.4 cm³/mol. The molecular formula is C14H17FO3. The lowest BCUT2D eigenvalue weighted by Gasteiger charge is -2.21. The summed E-state index contributed by atoms with van der Waals surface area (Å²) in [6.45, 7) is -1.43. The number of aromatic carboxylic acids is 1. The highest BCUT2D eigenvalue weighted by atomic mass is 19.1. The minimum Gasteiger partial charge on any atom is -0.490 e. The van der Waals surface area contributed by atoms with Crippen molar-refractivity contribution in [3.63, 3.8) is 0 Å². The summed E-state index contributed by atoms with van der Waals surface area (Å²) in [4.78, 5) is 11.0. The molecule has 0 heterocycles. The second-order valence-corrected chi connectivity index (χ2v) is 3.32. The van der Waals surface area contributed by atoms with Gasteiger partial charge in [-0.15, -0.1) is 0 Å². The van der Waals surface area contributed by atoms with Gasteiger partial charge < -0.3 is 9.84 Å². The first-order chi connectivity index (χ1) is 12.8. The van der Waals surface area contributed by atoms with Crippen molar-refractivity contribution in [2.75, 3.05) is 6.61 Å². The summed E-state index contributed by atoms with van der Waals surface area (Å²) in [5, 5.41) is 8.93. The fourth-order valence-corrected chi connectivity index (χ4v) is 1.29. The fourth-order valence-electron chi connectivity index (χ4n) is 1.29. The highest BCUT2D eigenvalue weighted by Gasteiger charge is 2.17. The molecule has 1 aromatic rings. The van der Waals surface area contributed by atoms with Gasteiger partial charge in [0, 0.05) is 15.1 Å². The Morgan fingerprint density at radius 3 is 2.89 bits per heavy atom. The van der Waals surface area contributed by atoms with E-state index in [2.05, 4.69) is 0 Å². The van der Waals surface area contributed by atoms with Crippen LogP contribution in [0.2, 0.25) is 0 Å². The number of halogens is 1. The number of ether oxygens (including phenoxy) is 1. The van der Waals surface area contributed by atoms with Crippen LogP contribution in [0, 0.1) is 11.7 Å². The number of benzene rings is 1. The van der Waals surface area contributed by atoms with Gasteiger partial charge in [-0.2, -0.15) is 0 Å². The van der Waals surface area contributed by atoms with Gasteiger partial charge in [0.05, 0.1) is 12.2 Å². The zero-order valence-electron chi connectivity index (χ0n) is 20.1. The van der Waals surface area contributed by atoms with Gasteiger partial charge >= 0.3 is 5.97 Å². The minimum atomic E-state index is -3.68. The summed E-state index contributed by atoms with van der Waals surface area (Å²) in [6.07, 6.45) is -18.3. The molecule has 1 aliphatic carbocycles. The van der Waals surface area contributed by atoms with E-state index in [4.69, 9.17) is 24.9 Å². The number of hydrogen-bond donors (Lipinski definition) is 1. The molecule has 0 saturated heterocycles. The minimum absolute atomic E-state index is 0.794. The highest BCUT2D eigenvalue weighted by Crippen LogP contribution is 2.26. The smallest absolute Gasteiger partial charge is 0.338 e. The molecule has 3 nitrogen and oxygen atoms in total. The highest BCUT2D eigenvalue weighted by molar-refractivity contribution is 5.88. The van der Waals surface area contributed by atoms with Crippen LogP contribution in [0.5, 0.6) is 5.75 Å². The number of hydrogen-bond acceptors (Lipinski definition) is 2. The van der Waals surface area contributed by atoms with Crippen LogP contribution in [0.3, 0.4) is 0 Å². The van der Waals surface area contributed by atoms with Crippen LogP contribution >= 0.6 is 0 Å². The van der Waals surface area contributed by atoms with Crippen LogP contribution < -0.4 is 4.74 Å². The molecule has 1 fully saturated rings. The first-order valence-corrected chi connectivity index (χ1v) is 4.96. The van der Waals surface area contributed by atoms with Crippen molar-refractivity contribution >= 4 is 5.97 Å². The second-order valence-electron chi connectivity index (χ2n) is 3.32. The normalized spacial score (nSPS) is 41.3. The maximum Gasteiger partial charge on any atom is 0.338 e. The second kappa shape index (κ2) is 5.85.